The van der Waals surface area contributed by atoms with E-state index >= 15 is 0 Å². The van der Waals surface area contributed by atoms with Crippen LogP contribution in [0.5, 0.6) is 5.75 Å². The predicted molar refractivity (Wildman–Crippen MR) is 110 cm³/mol. The van der Waals surface area contributed by atoms with Crippen LogP contribution in [-0.4, -0.2) is 21.4 Å². The fourth-order valence-corrected chi connectivity index (χ4v) is 4.34. The van der Waals surface area contributed by atoms with Gasteiger partial charge in [0, 0.05) is 5.56 Å². The van der Waals surface area contributed by atoms with E-state index in [1.807, 2.05) is 19.1 Å². The van der Waals surface area contributed by atoms with Crippen molar-refractivity contribution in [1.29, 1.82) is 0 Å². The van der Waals surface area contributed by atoms with Gasteiger partial charge in [0.15, 0.2) is 15.6 Å². The first-order chi connectivity index (χ1) is 14.3. The molecule has 0 saturated carbocycles. The van der Waals surface area contributed by atoms with Crippen LogP contribution in [0.25, 0.3) is 0 Å². The highest BCUT2D eigenvalue weighted by Gasteiger charge is 2.20. The van der Waals surface area contributed by atoms with E-state index in [4.69, 9.17) is 9.15 Å². The molecule has 0 aliphatic rings. The van der Waals surface area contributed by atoms with Crippen LogP contribution in [0.15, 0.2) is 65.1 Å². The van der Waals surface area contributed by atoms with Crippen molar-refractivity contribution in [2.75, 3.05) is 7.11 Å². The van der Waals surface area contributed by atoms with Crippen LogP contribution in [-0.2, 0) is 21.3 Å². The molecule has 1 atom stereocenters. The maximum atomic E-state index is 13.7. The molecular weight excluding hydrogens is 409 g/mol. The Bertz CT molecular complexity index is 1120. The lowest BCUT2D eigenvalue weighted by molar-refractivity contribution is 0.0910. The number of ether oxygens (including phenoxy) is 1. The average molecular weight is 431 g/mol. The summed E-state index contributed by atoms with van der Waals surface area (Å²) in [4.78, 5) is 12.4. The third kappa shape index (κ3) is 5.48. The van der Waals surface area contributed by atoms with Gasteiger partial charge in [-0.25, -0.2) is 12.8 Å². The maximum Gasteiger partial charge on any atom is 0.287 e. The van der Waals surface area contributed by atoms with Crippen LogP contribution < -0.4 is 10.1 Å². The van der Waals surface area contributed by atoms with E-state index in [0.29, 0.717) is 5.75 Å². The normalized spacial score (nSPS) is 12.4. The maximum absolute atomic E-state index is 13.7. The summed E-state index contributed by atoms with van der Waals surface area (Å²) < 4.78 is 49.0. The van der Waals surface area contributed by atoms with Crippen molar-refractivity contribution in [3.63, 3.8) is 0 Å². The van der Waals surface area contributed by atoms with E-state index in [2.05, 4.69) is 5.32 Å². The number of rotatable bonds is 8. The molecule has 0 radical (unpaired) electrons. The van der Waals surface area contributed by atoms with Crippen molar-refractivity contribution in [3.8, 4) is 5.75 Å². The van der Waals surface area contributed by atoms with E-state index in [9.17, 15) is 17.6 Å². The highest BCUT2D eigenvalue weighted by Crippen LogP contribution is 2.20. The zero-order valence-electron chi connectivity index (χ0n) is 16.6. The minimum Gasteiger partial charge on any atom is -0.497 e. The molecule has 0 saturated heterocycles. The Balaban J connectivity index is 1.63. The number of hydrogen-bond acceptors (Lipinski definition) is 5. The molecule has 6 nitrogen and oxygen atoms in total. The highest BCUT2D eigenvalue weighted by molar-refractivity contribution is 7.89. The van der Waals surface area contributed by atoms with Crippen molar-refractivity contribution < 1.29 is 26.8 Å². The average Bonchev–Trinajstić information content (AvgIpc) is 3.17. The molecule has 0 unspecified atom stereocenters. The fraction of sp³-hybridized carbons (Fsp3) is 0.227. The summed E-state index contributed by atoms with van der Waals surface area (Å²) in [7, 11) is -2.10. The Kier molecular flexibility index (Phi) is 6.56. The van der Waals surface area contributed by atoms with Crippen molar-refractivity contribution in [2.45, 2.75) is 24.5 Å². The lowest BCUT2D eigenvalue weighted by atomic mass is 10.1. The third-order valence-corrected chi connectivity index (χ3v) is 6.02. The molecule has 1 aromatic heterocycles. The monoisotopic (exact) mass is 431 g/mol. The quantitative estimate of drug-likeness (QED) is 0.582. The van der Waals surface area contributed by atoms with Gasteiger partial charge < -0.3 is 14.5 Å². The van der Waals surface area contributed by atoms with Gasteiger partial charge in [0.05, 0.1) is 18.9 Å². The number of nitrogens with one attached hydrogen (secondary N) is 1. The van der Waals surface area contributed by atoms with Gasteiger partial charge in [-0.1, -0.05) is 30.3 Å². The van der Waals surface area contributed by atoms with Crippen LogP contribution >= 0.6 is 0 Å². The molecule has 30 heavy (non-hydrogen) atoms. The van der Waals surface area contributed by atoms with Gasteiger partial charge in [0.25, 0.3) is 5.91 Å². The number of benzene rings is 2. The van der Waals surface area contributed by atoms with Crippen molar-refractivity contribution in [2.24, 2.45) is 0 Å². The number of amides is 1. The summed E-state index contributed by atoms with van der Waals surface area (Å²) in [6.45, 7) is 1.82. The summed E-state index contributed by atoms with van der Waals surface area (Å²) >= 11 is 0. The first-order valence-electron chi connectivity index (χ1n) is 9.25. The Morgan fingerprint density at radius 1 is 1.07 bits per heavy atom. The molecular formula is C22H22FNO5S. The molecule has 0 aliphatic heterocycles. The van der Waals surface area contributed by atoms with Crippen LogP contribution in [0, 0.1) is 5.82 Å². The standard InChI is InChI=1S/C22H22FNO5S/c1-15(16-7-9-18(28-2)10-8-16)24-22(25)21-12-11-19(29-21)14-30(26,27)13-17-5-3-4-6-20(17)23/h3-12,15H,13-14H2,1-2H3,(H,24,25)/t15-/m0/s1. The van der Waals surface area contributed by atoms with Gasteiger partial charge >= 0.3 is 0 Å². The van der Waals surface area contributed by atoms with Gasteiger partial charge in [-0.3, -0.25) is 4.79 Å². The number of halogens is 1. The molecule has 3 aromatic rings. The summed E-state index contributed by atoms with van der Waals surface area (Å²) in [5.41, 5.74) is 0.971. The van der Waals surface area contributed by atoms with E-state index in [1.54, 1.807) is 25.3 Å². The van der Waals surface area contributed by atoms with E-state index in [1.165, 1.54) is 30.3 Å². The molecule has 0 spiro atoms. The number of sulfone groups is 1. The molecule has 1 amide bonds. The van der Waals surface area contributed by atoms with E-state index in [0.717, 1.165) is 5.56 Å². The lowest BCUT2D eigenvalue weighted by Gasteiger charge is -2.13. The SMILES string of the molecule is COc1ccc([C@H](C)NC(=O)c2ccc(CS(=O)(=O)Cc3ccccc3F)o2)cc1. The molecule has 1 N–H and O–H groups in total. The minimum absolute atomic E-state index is 0.00598. The number of furan rings is 1. The first kappa shape index (κ1) is 21.6. The van der Waals surface area contributed by atoms with E-state index < -0.39 is 33.1 Å². The van der Waals surface area contributed by atoms with Crippen LogP contribution in [0.4, 0.5) is 4.39 Å². The van der Waals surface area contributed by atoms with Gasteiger partial charge in [-0.15, -0.1) is 0 Å². The molecule has 2 aromatic carbocycles. The lowest BCUT2D eigenvalue weighted by Crippen LogP contribution is -2.26. The topological polar surface area (TPSA) is 85.6 Å². The number of carbonyl (C=O) groups is 1. The summed E-state index contributed by atoms with van der Waals surface area (Å²) in [6.07, 6.45) is 0. The summed E-state index contributed by atoms with van der Waals surface area (Å²) in [6, 6.07) is 15.5. The number of carbonyl (C=O) groups excluding carboxylic acids is 1. The van der Waals surface area contributed by atoms with Gasteiger partial charge in [0.2, 0.25) is 0 Å². The second kappa shape index (κ2) is 9.13. The van der Waals surface area contributed by atoms with Gasteiger partial charge in [-0.05, 0) is 42.8 Å². The fourth-order valence-electron chi connectivity index (χ4n) is 2.94. The van der Waals surface area contributed by atoms with Crippen LogP contribution in [0.3, 0.4) is 0 Å². The number of hydrogen-bond donors (Lipinski definition) is 1. The van der Waals surface area contributed by atoms with E-state index in [-0.39, 0.29) is 23.1 Å². The summed E-state index contributed by atoms with van der Waals surface area (Å²) in [5.74, 6) is -1.08. The second-order valence-electron chi connectivity index (χ2n) is 6.86. The predicted octanol–water partition coefficient (Wildman–Crippen LogP) is 4.03. The van der Waals surface area contributed by atoms with Crippen LogP contribution in [0.1, 0.15) is 40.4 Å². The Hall–Kier alpha value is -3.13. The minimum atomic E-state index is -3.67. The van der Waals surface area contributed by atoms with Crippen molar-refractivity contribution in [3.05, 3.63) is 89.1 Å². The Morgan fingerprint density at radius 3 is 2.43 bits per heavy atom. The Morgan fingerprint density at radius 2 is 1.77 bits per heavy atom. The smallest absolute Gasteiger partial charge is 0.287 e. The molecule has 0 bridgehead atoms. The third-order valence-electron chi connectivity index (χ3n) is 4.54. The highest BCUT2D eigenvalue weighted by atomic mass is 32.2. The van der Waals surface area contributed by atoms with Gasteiger partial charge in [-0.2, -0.15) is 0 Å². The van der Waals surface area contributed by atoms with Crippen LogP contribution in [0.2, 0.25) is 0 Å². The first-order valence-corrected chi connectivity index (χ1v) is 11.1. The molecule has 0 aliphatic carbocycles. The van der Waals surface area contributed by atoms with Crippen molar-refractivity contribution >= 4 is 15.7 Å². The molecule has 158 valence electrons. The molecule has 8 heteroatoms. The summed E-state index contributed by atoms with van der Waals surface area (Å²) in [5, 5.41) is 2.80. The number of methoxy groups -OCH3 is 1. The Labute approximate surface area is 174 Å². The van der Waals surface area contributed by atoms with Crippen molar-refractivity contribution in [1.82, 2.24) is 5.32 Å². The largest absolute Gasteiger partial charge is 0.497 e. The molecule has 1 heterocycles. The van der Waals surface area contributed by atoms with Gasteiger partial charge in [0.1, 0.15) is 23.1 Å². The second-order valence-corrected chi connectivity index (χ2v) is 8.92. The molecule has 0 fully saturated rings. The molecule has 3 rings (SSSR count). The zero-order chi connectivity index (χ0) is 21.7. The zero-order valence-corrected chi connectivity index (χ0v) is 17.4.